The van der Waals surface area contributed by atoms with Crippen molar-refractivity contribution in [2.24, 2.45) is 0 Å². The lowest BCUT2D eigenvalue weighted by atomic mass is 9.72. The van der Waals surface area contributed by atoms with Crippen LogP contribution in [0.4, 0.5) is 0 Å². The lowest BCUT2D eigenvalue weighted by molar-refractivity contribution is 0.758. The number of fused-ring (bicyclic) bond motifs is 13. The molecule has 0 saturated carbocycles. The van der Waals surface area contributed by atoms with Gasteiger partial charge in [0.05, 0.1) is 11.1 Å². The molecule has 2 nitrogen and oxygen atoms in total. The van der Waals surface area contributed by atoms with Crippen LogP contribution in [0.3, 0.4) is 0 Å². The van der Waals surface area contributed by atoms with E-state index in [2.05, 4.69) is 182 Å². The Labute approximate surface area is 296 Å². The molecule has 1 spiro atoms. The summed E-state index contributed by atoms with van der Waals surface area (Å²) in [6.07, 6.45) is 2.06. The molecule has 1 aromatic heterocycles. The zero-order valence-electron chi connectivity index (χ0n) is 27.7. The zero-order valence-corrected chi connectivity index (χ0v) is 27.7. The number of rotatable bonds is 3. The van der Waals surface area contributed by atoms with Crippen LogP contribution in [-0.2, 0) is 5.41 Å². The molecule has 9 aromatic rings. The summed E-state index contributed by atoms with van der Waals surface area (Å²) in [5.74, 6) is 0.736. The molecule has 0 fully saturated rings. The van der Waals surface area contributed by atoms with Crippen LogP contribution >= 0.6 is 0 Å². The SMILES string of the molecule is c1cc(-c2ccccc2-c2ncc3c(n2)C2(c4ccccc4-c4ccccc42)c2ccccc2-3)cc(-c2cc3ccccc3c3ccccc23)c1. The summed E-state index contributed by atoms with van der Waals surface area (Å²) >= 11 is 0. The molecule has 236 valence electrons. The van der Waals surface area contributed by atoms with Crippen molar-refractivity contribution >= 4 is 21.5 Å². The van der Waals surface area contributed by atoms with Gasteiger partial charge in [-0.1, -0.05) is 164 Å². The second-order valence-corrected chi connectivity index (χ2v) is 13.7. The van der Waals surface area contributed by atoms with E-state index in [0.717, 1.165) is 33.8 Å². The van der Waals surface area contributed by atoms with Crippen LogP contribution in [0.25, 0.3) is 77.4 Å². The maximum Gasteiger partial charge on any atom is 0.160 e. The van der Waals surface area contributed by atoms with Crippen molar-refractivity contribution in [2.45, 2.75) is 5.41 Å². The van der Waals surface area contributed by atoms with Gasteiger partial charge in [-0.25, -0.2) is 9.97 Å². The fourth-order valence-electron chi connectivity index (χ4n) is 9.02. The van der Waals surface area contributed by atoms with Crippen LogP contribution in [0.2, 0.25) is 0 Å². The topological polar surface area (TPSA) is 25.8 Å². The Morgan fingerprint density at radius 1 is 0.353 bits per heavy atom. The quantitative estimate of drug-likeness (QED) is 0.179. The summed E-state index contributed by atoms with van der Waals surface area (Å²) in [7, 11) is 0. The minimum Gasteiger partial charge on any atom is -0.236 e. The molecule has 2 aliphatic rings. The third-order valence-electron chi connectivity index (χ3n) is 11.1. The van der Waals surface area contributed by atoms with E-state index in [1.165, 1.54) is 66.1 Å². The highest BCUT2D eigenvalue weighted by Gasteiger charge is 2.53. The molecule has 2 heteroatoms. The van der Waals surface area contributed by atoms with E-state index in [1.807, 2.05) is 0 Å². The van der Waals surface area contributed by atoms with Gasteiger partial charge in [-0.15, -0.1) is 0 Å². The van der Waals surface area contributed by atoms with Crippen LogP contribution in [0, 0.1) is 0 Å². The Morgan fingerprint density at radius 3 is 1.55 bits per heavy atom. The van der Waals surface area contributed by atoms with E-state index < -0.39 is 5.41 Å². The second-order valence-electron chi connectivity index (χ2n) is 13.7. The molecule has 51 heavy (non-hydrogen) atoms. The van der Waals surface area contributed by atoms with Gasteiger partial charge in [0.15, 0.2) is 5.82 Å². The van der Waals surface area contributed by atoms with Crippen molar-refractivity contribution < 1.29 is 0 Å². The van der Waals surface area contributed by atoms with Gasteiger partial charge in [-0.05, 0) is 89.3 Å². The van der Waals surface area contributed by atoms with E-state index in [0.29, 0.717) is 0 Å². The molecule has 11 rings (SSSR count). The first-order valence-electron chi connectivity index (χ1n) is 17.6. The third kappa shape index (κ3) is 3.87. The second kappa shape index (κ2) is 10.7. The minimum atomic E-state index is -0.511. The van der Waals surface area contributed by atoms with Gasteiger partial charge in [0, 0.05) is 17.3 Å². The first kappa shape index (κ1) is 28.2. The van der Waals surface area contributed by atoms with Gasteiger partial charge < -0.3 is 0 Å². The van der Waals surface area contributed by atoms with Gasteiger partial charge in [-0.2, -0.15) is 0 Å². The van der Waals surface area contributed by atoms with Crippen molar-refractivity contribution in [3.63, 3.8) is 0 Å². The monoisotopic (exact) mass is 646 g/mol. The lowest BCUT2D eigenvalue weighted by Gasteiger charge is -2.29. The van der Waals surface area contributed by atoms with Gasteiger partial charge in [0.25, 0.3) is 0 Å². The first-order valence-corrected chi connectivity index (χ1v) is 17.6. The van der Waals surface area contributed by atoms with Gasteiger partial charge >= 0.3 is 0 Å². The van der Waals surface area contributed by atoms with Crippen LogP contribution in [-0.4, -0.2) is 9.97 Å². The normalized spacial score (nSPS) is 13.3. The van der Waals surface area contributed by atoms with E-state index in [-0.39, 0.29) is 0 Å². The summed E-state index contributed by atoms with van der Waals surface area (Å²) < 4.78 is 0. The summed E-state index contributed by atoms with van der Waals surface area (Å²) in [4.78, 5) is 10.7. The number of nitrogens with zero attached hydrogens (tertiary/aromatic N) is 2. The molecule has 2 aliphatic carbocycles. The summed E-state index contributed by atoms with van der Waals surface area (Å²) in [6.45, 7) is 0. The molecule has 0 unspecified atom stereocenters. The average Bonchev–Trinajstić information content (AvgIpc) is 3.68. The number of benzene rings is 8. The number of hydrogen-bond acceptors (Lipinski definition) is 2. The Hall–Kier alpha value is -6.64. The smallest absolute Gasteiger partial charge is 0.160 e. The van der Waals surface area contributed by atoms with Crippen LogP contribution in [0.5, 0.6) is 0 Å². The van der Waals surface area contributed by atoms with Gasteiger partial charge in [-0.3, -0.25) is 0 Å². The predicted octanol–water partition coefficient (Wildman–Crippen LogP) is 12.1. The standard InChI is InChI=1S/C49H30N2/c1-2-17-34-33(14-1)29-42(37-20-5-4-19-36(34)37)32-16-13-15-31(28-32)35-18-3-6-24-41(35)48-50-30-43-40-23-9-12-27-46(40)49(47(43)51-48)44-25-10-7-21-38(44)39-22-8-11-26-45(39)49/h1-30H. The molecule has 8 aromatic carbocycles. The van der Waals surface area contributed by atoms with E-state index in [9.17, 15) is 0 Å². The predicted molar refractivity (Wildman–Crippen MR) is 210 cm³/mol. The summed E-state index contributed by atoms with van der Waals surface area (Å²) in [6, 6.07) is 63.8. The van der Waals surface area contributed by atoms with Crippen molar-refractivity contribution in [1.29, 1.82) is 0 Å². The zero-order chi connectivity index (χ0) is 33.5. The van der Waals surface area contributed by atoms with Crippen LogP contribution in [0.1, 0.15) is 22.4 Å². The average molecular weight is 647 g/mol. The maximum absolute atomic E-state index is 5.60. The maximum atomic E-state index is 5.60. The molecule has 0 amide bonds. The minimum absolute atomic E-state index is 0.511. The Morgan fingerprint density at radius 2 is 0.863 bits per heavy atom. The number of hydrogen-bond donors (Lipinski definition) is 0. The third-order valence-corrected chi connectivity index (χ3v) is 11.1. The highest BCUT2D eigenvalue weighted by Crippen LogP contribution is 2.62. The molecular weight excluding hydrogens is 617 g/mol. The van der Waals surface area contributed by atoms with E-state index >= 15 is 0 Å². The molecular formula is C49H30N2. The fraction of sp³-hybridized carbons (Fsp3) is 0.0204. The highest BCUT2D eigenvalue weighted by molar-refractivity contribution is 6.14. The van der Waals surface area contributed by atoms with Gasteiger partial charge in [0.2, 0.25) is 0 Å². The first-order chi connectivity index (χ1) is 25.3. The Bertz CT molecular complexity index is 2820. The molecule has 0 saturated heterocycles. The Balaban J connectivity index is 1.11. The van der Waals surface area contributed by atoms with Crippen LogP contribution in [0.15, 0.2) is 182 Å². The highest BCUT2D eigenvalue weighted by atomic mass is 14.9. The Kier molecular flexibility index (Phi) is 5.91. The molecule has 0 radical (unpaired) electrons. The van der Waals surface area contributed by atoms with Crippen molar-refractivity contribution in [1.82, 2.24) is 9.97 Å². The molecule has 1 heterocycles. The largest absolute Gasteiger partial charge is 0.236 e. The van der Waals surface area contributed by atoms with Crippen molar-refractivity contribution in [2.75, 3.05) is 0 Å². The molecule has 0 N–H and O–H groups in total. The van der Waals surface area contributed by atoms with Crippen molar-refractivity contribution in [3.05, 3.63) is 205 Å². The van der Waals surface area contributed by atoms with E-state index in [4.69, 9.17) is 9.97 Å². The molecule has 0 bridgehead atoms. The summed E-state index contributed by atoms with van der Waals surface area (Å²) in [5, 5.41) is 5.05. The van der Waals surface area contributed by atoms with E-state index in [1.54, 1.807) is 0 Å². The molecule has 0 atom stereocenters. The fourth-order valence-corrected chi connectivity index (χ4v) is 9.02. The number of aromatic nitrogens is 2. The van der Waals surface area contributed by atoms with Crippen molar-refractivity contribution in [3.8, 4) is 55.9 Å². The van der Waals surface area contributed by atoms with Gasteiger partial charge in [0.1, 0.15) is 0 Å². The van der Waals surface area contributed by atoms with Crippen LogP contribution < -0.4 is 0 Å². The lowest BCUT2D eigenvalue weighted by Crippen LogP contribution is -2.27. The molecule has 0 aliphatic heterocycles. The summed E-state index contributed by atoms with van der Waals surface area (Å²) in [5.41, 5.74) is 14.9.